The van der Waals surface area contributed by atoms with Crippen molar-refractivity contribution in [2.75, 3.05) is 17.2 Å². The predicted octanol–water partition coefficient (Wildman–Crippen LogP) is 4.27. The lowest BCUT2D eigenvalue weighted by atomic mass is 10.1. The van der Waals surface area contributed by atoms with Crippen LogP contribution in [0.2, 0.25) is 0 Å². The standard InChI is InChI=1S/C18H23N3O2S.ClH/c19-12-4-2-1-3-7-17(22)20-14-8-10-15(11-9-14)21-18(23)16-6-5-13-24-16;/h5-6,8-11,13H,1-4,7,12,19H2,(H,20,22)(H,21,23);1H. The second-order valence-electron chi connectivity index (χ2n) is 5.51. The second-order valence-corrected chi connectivity index (χ2v) is 6.46. The van der Waals surface area contributed by atoms with E-state index in [1.165, 1.54) is 11.3 Å². The van der Waals surface area contributed by atoms with Gasteiger partial charge >= 0.3 is 0 Å². The fraction of sp³-hybridized carbons (Fsp3) is 0.333. The number of halogens is 1. The summed E-state index contributed by atoms with van der Waals surface area (Å²) < 4.78 is 0. The molecule has 1 heterocycles. The number of amides is 2. The number of hydrogen-bond acceptors (Lipinski definition) is 4. The third-order valence-electron chi connectivity index (χ3n) is 3.53. The molecule has 25 heavy (non-hydrogen) atoms. The summed E-state index contributed by atoms with van der Waals surface area (Å²) in [6, 6.07) is 10.8. The van der Waals surface area contributed by atoms with Gasteiger partial charge in [-0.3, -0.25) is 9.59 Å². The minimum absolute atomic E-state index is 0. The van der Waals surface area contributed by atoms with Gasteiger partial charge in [-0.25, -0.2) is 0 Å². The highest BCUT2D eigenvalue weighted by atomic mass is 35.5. The lowest BCUT2D eigenvalue weighted by Crippen LogP contribution is -2.12. The second kappa shape index (κ2) is 11.6. The third kappa shape index (κ3) is 7.69. The number of nitrogens with one attached hydrogen (secondary N) is 2. The molecule has 0 aliphatic carbocycles. The van der Waals surface area contributed by atoms with E-state index in [4.69, 9.17) is 5.73 Å². The molecule has 0 radical (unpaired) electrons. The summed E-state index contributed by atoms with van der Waals surface area (Å²) in [5.41, 5.74) is 6.87. The van der Waals surface area contributed by atoms with Crippen LogP contribution in [0.5, 0.6) is 0 Å². The Balaban J connectivity index is 0.00000312. The summed E-state index contributed by atoms with van der Waals surface area (Å²) >= 11 is 1.40. The van der Waals surface area contributed by atoms with Crippen molar-refractivity contribution in [3.05, 3.63) is 46.7 Å². The highest BCUT2D eigenvalue weighted by Crippen LogP contribution is 2.17. The molecular weight excluding hydrogens is 358 g/mol. The average Bonchev–Trinajstić information content (AvgIpc) is 3.11. The van der Waals surface area contributed by atoms with E-state index in [0.717, 1.165) is 31.4 Å². The van der Waals surface area contributed by atoms with Crippen LogP contribution in [-0.4, -0.2) is 18.4 Å². The molecule has 0 atom stereocenters. The van der Waals surface area contributed by atoms with Crippen LogP contribution in [0.1, 0.15) is 41.8 Å². The molecule has 5 nitrogen and oxygen atoms in total. The summed E-state index contributed by atoms with van der Waals surface area (Å²) in [7, 11) is 0. The Morgan fingerprint density at radius 2 is 1.56 bits per heavy atom. The van der Waals surface area contributed by atoms with E-state index in [-0.39, 0.29) is 24.2 Å². The predicted molar refractivity (Wildman–Crippen MR) is 107 cm³/mol. The van der Waals surface area contributed by atoms with Gasteiger partial charge in [0.1, 0.15) is 0 Å². The van der Waals surface area contributed by atoms with E-state index in [9.17, 15) is 9.59 Å². The highest BCUT2D eigenvalue weighted by molar-refractivity contribution is 7.12. The average molecular weight is 382 g/mol. The molecule has 0 aliphatic rings. The first-order valence-corrected chi connectivity index (χ1v) is 9.02. The van der Waals surface area contributed by atoms with Crippen LogP contribution in [0.3, 0.4) is 0 Å². The molecule has 1 aromatic carbocycles. The first kappa shape index (κ1) is 21.2. The van der Waals surface area contributed by atoms with Gasteiger partial charge in [0.25, 0.3) is 5.91 Å². The fourth-order valence-corrected chi connectivity index (χ4v) is 2.86. The molecule has 136 valence electrons. The van der Waals surface area contributed by atoms with E-state index in [1.54, 1.807) is 30.3 Å². The molecule has 2 aromatic rings. The Kier molecular flexibility index (Phi) is 9.84. The molecule has 2 amide bonds. The van der Waals surface area contributed by atoms with Crippen LogP contribution in [0.25, 0.3) is 0 Å². The molecule has 0 fully saturated rings. The van der Waals surface area contributed by atoms with Gasteiger partial charge in [-0.1, -0.05) is 18.9 Å². The minimum Gasteiger partial charge on any atom is -0.330 e. The van der Waals surface area contributed by atoms with Crippen molar-refractivity contribution in [3.8, 4) is 0 Å². The first-order chi connectivity index (χ1) is 11.7. The zero-order chi connectivity index (χ0) is 17.2. The van der Waals surface area contributed by atoms with Crippen molar-refractivity contribution >= 4 is 46.9 Å². The van der Waals surface area contributed by atoms with E-state index in [2.05, 4.69) is 10.6 Å². The molecule has 7 heteroatoms. The van der Waals surface area contributed by atoms with Gasteiger partial charge < -0.3 is 16.4 Å². The molecule has 0 saturated heterocycles. The number of carbonyl (C=O) groups excluding carboxylic acids is 2. The quantitative estimate of drug-likeness (QED) is 0.567. The maximum atomic E-state index is 12.0. The summed E-state index contributed by atoms with van der Waals surface area (Å²) in [6.45, 7) is 0.710. The van der Waals surface area contributed by atoms with Crippen LogP contribution < -0.4 is 16.4 Å². The number of rotatable bonds is 9. The molecule has 0 unspecified atom stereocenters. The van der Waals surface area contributed by atoms with E-state index in [0.29, 0.717) is 23.5 Å². The fourth-order valence-electron chi connectivity index (χ4n) is 2.24. The largest absolute Gasteiger partial charge is 0.330 e. The Morgan fingerprint density at radius 3 is 2.16 bits per heavy atom. The minimum atomic E-state index is -0.126. The van der Waals surface area contributed by atoms with Crippen molar-refractivity contribution < 1.29 is 9.59 Å². The van der Waals surface area contributed by atoms with Crippen molar-refractivity contribution in [1.29, 1.82) is 0 Å². The number of hydrogen-bond donors (Lipinski definition) is 3. The highest BCUT2D eigenvalue weighted by Gasteiger charge is 2.07. The number of thiophene rings is 1. The summed E-state index contributed by atoms with van der Waals surface area (Å²) in [5, 5.41) is 7.56. The Bertz CT molecular complexity index is 645. The third-order valence-corrected chi connectivity index (χ3v) is 4.40. The van der Waals surface area contributed by atoms with Gasteiger partial charge in [0.15, 0.2) is 0 Å². The number of unbranched alkanes of at least 4 members (excludes halogenated alkanes) is 3. The molecular formula is C18H24ClN3O2S. The van der Waals surface area contributed by atoms with E-state index in [1.807, 2.05) is 11.4 Å². The molecule has 0 saturated carbocycles. The molecule has 0 aliphatic heterocycles. The Hall–Kier alpha value is -1.89. The first-order valence-electron chi connectivity index (χ1n) is 8.14. The molecule has 0 bridgehead atoms. The van der Waals surface area contributed by atoms with Crippen LogP contribution in [-0.2, 0) is 4.79 Å². The summed E-state index contributed by atoms with van der Waals surface area (Å²) in [6.07, 6.45) is 4.50. The number of anilines is 2. The van der Waals surface area contributed by atoms with Crippen LogP contribution >= 0.6 is 23.7 Å². The SMILES string of the molecule is Cl.NCCCCCCC(=O)Nc1ccc(NC(=O)c2cccs2)cc1. The lowest BCUT2D eigenvalue weighted by Gasteiger charge is -2.07. The van der Waals surface area contributed by atoms with Crippen molar-refractivity contribution in [2.45, 2.75) is 32.1 Å². The lowest BCUT2D eigenvalue weighted by molar-refractivity contribution is -0.116. The smallest absolute Gasteiger partial charge is 0.265 e. The normalized spacial score (nSPS) is 9.96. The molecule has 2 rings (SSSR count). The van der Waals surface area contributed by atoms with Crippen LogP contribution in [0.4, 0.5) is 11.4 Å². The summed E-state index contributed by atoms with van der Waals surface area (Å²) in [5.74, 6) is -0.114. The molecule has 0 spiro atoms. The van der Waals surface area contributed by atoms with Gasteiger partial charge in [0.2, 0.25) is 5.91 Å². The van der Waals surface area contributed by atoms with Gasteiger partial charge in [-0.2, -0.15) is 0 Å². The molecule has 1 aromatic heterocycles. The Labute approximate surface area is 158 Å². The maximum Gasteiger partial charge on any atom is 0.265 e. The van der Waals surface area contributed by atoms with Gasteiger partial charge in [0.05, 0.1) is 4.88 Å². The number of benzene rings is 1. The summed E-state index contributed by atoms with van der Waals surface area (Å²) in [4.78, 5) is 24.5. The number of carbonyl (C=O) groups is 2. The van der Waals surface area contributed by atoms with Gasteiger partial charge in [-0.05, 0) is 55.1 Å². The van der Waals surface area contributed by atoms with E-state index < -0.39 is 0 Å². The number of nitrogens with two attached hydrogens (primary N) is 1. The van der Waals surface area contributed by atoms with Gasteiger partial charge in [0, 0.05) is 17.8 Å². The van der Waals surface area contributed by atoms with Crippen LogP contribution in [0.15, 0.2) is 41.8 Å². The Morgan fingerprint density at radius 1 is 0.920 bits per heavy atom. The van der Waals surface area contributed by atoms with Crippen molar-refractivity contribution in [1.82, 2.24) is 0 Å². The van der Waals surface area contributed by atoms with Gasteiger partial charge in [-0.15, -0.1) is 23.7 Å². The zero-order valence-corrected chi connectivity index (χ0v) is 15.6. The van der Waals surface area contributed by atoms with E-state index >= 15 is 0 Å². The van der Waals surface area contributed by atoms with Crippen LogP contribution in [0, 0.1) is 0 Å². The maximum absolute atomic E-state index is 12.0. The van der Waals surface area contributed by atoms with Crippen molar-refractivity contribution in [2.24, 2.45) is 5.73 Å². The monoisotopic (exact) mass is 381 g/mol. The molecule has 4 N–H and O–H groups in total. The zero-order valence-electron chi connectivity index (χ0n) is 14.0. The topological polar surface area (TPSA) is 84.2 Å². The van der Waals surface area contributed by atoms with Crippen molar-refractivity contribution in [3.63, 3.8) is 0 Å².